The van der Waals surface area contributed by atoms with Crippen LogP contribution < -0.4 is 0 Å². The molecule has 0 radical (unpaired) electrons. The highest BCUT2D eigenvalue weighted by molar-refractivity contribution is 8.07. The van der Waals surface area contributed by atoms with E-state index in [0.717, 1.165) is 0 Å². The summed E-state index contributed by atoms with van der Waals surface area (Å²) >= 11 is 5.07. The van der Waals surface area contributed by atoms with E-state index < -0.39 is 12.7 Å². The molecule has 0 fully saturated rings. The van der Waals surface area contributed by atoms with Gasteiger partial charge in [0.15, 0.2) is 0 Å². The topological polar surface area (TPSA) is 54.0 Å². The molecule has 0 heterocycles. The Kier molecular flexibility index (Phi) is 7.63. The zero-order chi connectivity index (χ0) is 13.5. The normalized spacial score (nSPS) is 15.5. The van der Waals surface area contributed by atoms with Gasteiger partial charge in [0.05, 0.1) is 18.8 Å². The number of hydrogen-bond acceptors (Lipinski definition) is 6. The molecule has 0 aliphatic heterocycles. The number of rotatable bonds is 7. The maximum Gasteiger partial charge on any atom is 0.379 e. The summed E-state index contributed by atoms with van der Waals surface area (Å²) in [6, 6.07) is 0. The van der Waals surface area contributed by atoms with Gasteiger partial charge in [-0.05, 0) is 27.7 Å². The standard InChI is InChI=1S/C10H19O5PS/c1-6-13-16(17,12-5)15-9(4)7-10(11)14-8(2)3/h7-8H,6H2,1-5H3. The van der Waals surface area contributed by atoms with Crippen molar-refractivity contribution in [3.63, 3.8) is 0 Å². The molecule has 0 spiro atoms. The van der Waals surface area contributed by atoms with E-state index >= 15 is 0 Å². The molecule has 5 nitrogen and oxygen atoms in total. The van der Waals surface area contributed by atoms with Crippen molar-refractivity contribution in [2.75, 3.05) is 13.7 Å². The zero-order valence-electron chi connectivity index (χ0n) is 10.8. The molecule has 0 aromatic rings. The highest BCUT2D eigenvalue weighted by Crippen LogP contribution is 2.50. The molecule has 1 unspecified atom stereocenters. The van der Waals surface area contributed by atoms with E-state index in [2.05, 4.69) is 0 Å². The van der Waals surface area contributed by atoms with Crippen molar-refractivity contribution < 1.29 is 23.1 Å². The van der Waals surface area contributed by atoms with Crippen LogP contribution in [-0.2, 0) is 34.9 Å². The SMILES string of the molecule is CCOP(=S)(OC)OC(C)=CC(=O)OC(C)C. The first-order valence-corrected chi connectivity index (χ1v) is 7.77. The Balaban J connectivity index is 4.50. The van der Waals surface area contributed by atoms with Crippen molar-refractivity contribution in [3.8, 4) is 0 Å². The van der Waals surface area contributed by atoms with Gasteiger partial charge in [0.25, 0.3) is 0 Å². The van der Waals surface area contributed by atoms with Crippen molar-refractivity contribution in [3.05, 3.63) is 11.8 Å². The van der Waals surface area contributed by atoms with E-state index in [4.69, 9.17) is 30.1 Å². The third-order valence-electron chi connectivity index (χ3n) is 1.44. The van der Waals surface area contributed by atoms with Crippen molar-refractivity contribution in [1.82, 2.24) is 0 Å². The summed E-state index contributed by atoms with van der Waals surface area (Å²) in [6.45, 7) is 4.51. The lowest BCUT2D eigenvalue weighted by molar-refractivity contribution is -0.141. The molecular formula is C10H19O5PS. The average Bonchev–Trinajstić information content (AvgIpc) is 2.15. The van der Waals surface area contributed by atoms with E-state index in [0.29, 0.717) is 12.4 Å². The molecule has 0 aromatic carbocycles. The molecule has 0 rings (SSSR count). The molecule has 7 heteroatoms. The maximum atomic E-state index is 11.3. The van der Waals surface area contributed by atoms with E-state index in [-0.39, 0.29) is 6.10 Å². The monoisotopic (exact) mass is 282 g/mol. The second kappa shape index (κ2) is 7.82. The average molecular weight is 282 g/mol. The minimum atomic E-state index is -2.79. The van der Waals surface area contributed by atoms with Crippen LogP contribution in [0.1, 0.15) is 27.7 Å². The summed E-state index contributed by atoms with van der Waals surface area (Å²) in [5.41, 5.74) is 0. The highest BCUT2D eigenvalue weighted by Gasteiger charge is 2.20. The van der Waals surface area contributed by atoms with E-state index in [1.54, 1.807) is 27.7 Å². The Labute approximate surface area is 107 Å². The second-order valence-electron chi connectivity index (χ2n) is 3.38. The minimum Gasteiger partial charge on any atom is -0.460 e. The van der Waals surface area contributed by atoms with Gasteiger partial charge in [-0.1, -0.05) is 0 Å². The van der Waals surface area contributed by atoms with E-state index in [1.165, 1.54) is 13.2 Å². The smallest absolute Gasteiger partial charge is 0.379 e. The van der Waals surface area contributed by atoms with Crippen molar-refractivity contribution in [2.45, 2.75) is 33.8 Å². The van der Waals surface area contributed by atoms with Crippen LogP contribution >= 0.6 is 6.72 Å². The summed E-state index contributed by atoms with van der Waals surface area (Å²) in [5.74, 6) is -0.166. The minimum absolute atomic E-state index is 0.177. The summed E-state index contributed by atoms with van der Waals surface area (Å²) in [5, 5.41) is 0. The number of ether oxygens (including phenoxy) is 1. The highest BCUT2D eigenvalue weighted by atomic mass is 32.5. The lowest BCUT2D eigenvalue weighted by atomic mass is 10.4. The van der Waals surface area contributed by atoms with Crippen LogP contribution in [0.25, 0.3) is 0 Å². The van der Waals surface area contributed by atoms with Crippen LogP contribution in [0.4, 0.5) is 0 Å². The van der Waals surface area contributed by atoms with Gasteiger partial charge in [0, 0.05) is 18.9 Å². The Bertz CT molecular complexity index is 327. The maximum absolute atomic E-state index is 11.3. The van der Waals surface area contributed by atoms with Crippen molar-refractivity contribution in [1.29, 1.82) is 0 Å². The Morgan fingerprint density at radius 1 is 1.47 bits per heavy atom. The van der Waals surface area contributed by atoms with Crippen LogP contribution in [0.3, 0.4) is 0 Å². The molecule has 0 N–H and O–H groups in total. The summed E-state index contributed by atoms with van der Waals surface area (Å²) in [4.78, 5) is 11.3. The number of esters is 1. The Morgan fingerprint density at radius 2 is 2.06 bits per heavy atom. The number of hydrogen-bond donors (Lipinski definition) is 0. The Morgan fingerprint density at radius 3 is 2.47 bits per heavy atom. The van der Waals surface area contributed by atoms with Gasteiger partial charge in [0.1, 0.15) is 5.76 Å². The zero-order valence-corrected chi connectivity index (χ0v) is 12.5. The van der Waals surface area contributed by atoms with Crippen molar-refractivity contribution >= 4 is 24.5 Å². The lowest BCUT2D eigenvalue weighted by Gasteiger charge is -2.19. The van der Waals surface area contributed by atoms with Gasteiger partial charge in [-0.3, -0.25) is 4.52 Å². The van der Waals surface area contributed by atoms with Crippen LogP contribution in [0, 0.1) is 0 Å². The van der Waals surface area contributed by atoms with Crippen LogP contribution in [0.15, 0.2) is 11.8 Å². The Hall–Kier alpha value is -0.420. The van der Waals surface area contributed by atoms with Crippen molar-refractivity contribution in [2.24, 2.45) is 0 Å². The predicted octanol–water partition coefficient (Wildman–Crippen LogP) is 2.77. The van der Waals surface area contributed by atoms with Gasteiger partial charge >= 0.3 is 12.7 Å². The fourth-order valence-corrected chi connectivity index (χ4v) is 2.53. The summed E-state index contributed by atoms with van der Waals surface area (Å²) < 4.78 is 20.5. The first kappa shape index (κ1) is 16.6. The van der Waals surface area contributed by atoms with Gasteiger partial charge < -0.3 is 13.8 Å². The fraction of sp³-hybridized carbons (Fsp3) is 0.700. The molecule has 100 valence electrons. The largest absolute Gasteiger partial charge is 0.460 e. The number of carbonyl (C=O) groups is 1. The molecule has 1 atom stereocenters. The first-order chi connectivity index (χ1) is 7.83. The first-order valence-electron chi connectivity index (χ1n) is 5.21. The lowest BCUT2D eigenvalue weighted by Crippen LogP contribution is -2.09. The van der Waals surface area contributed by atoms with Gasteiger partial charge in [-0.25, -0.2) is 4.79 Å². The molecule has 0 aliphatic carbocycles. The third-order valence-corrected chi connectivity index (χ3v) is 3.96. The fourth-order valence-electron chi connectivity index (χ4n) is 0.909. The van der Waals surface area contributed by atoms with Gasteiger partial charge in [-0.15, -0.1) is 0 Å². The van der Waals surface area contributed by atoms with Crippen LogP contribution in [0.5, 0.6) is 0 Å². The molecule has 0 bridgehead atoms. The molecular weight excluding hydrogens is 263 g/mol. The van der Waals surface area contributed by atoms with E-state index in [1.807, 2.05) is 0 Å². The summed E-state index contributed by atoms with van der Waals surface area (Å²) in [6.07, 6.45) is 1.04. The predicted molar refractivity (Wildman–Crippen MR) is 69.0 cm³/mol. The van der Waals surface area contributed by atoms with Gasteiger partial charge in [0.2, 0.25) is 0 Å². The third kappa shape index (κ3) is 7.49. The molecule has 0 aromatic heterocycles. The summed E-state index contributed by atoms with van der Waals surface area (Å²) in [7, 11) is 1.41. The molecule has 17 heavy (non-hydrogen) atoms. The molecule has 0 amide bonds. The van der Waals surface area contributed by atoms with Gasteiger partial charge in [-0.2, -0.15) is 0 Å². The quantitative estimate of drug-likeness (QED) is 0.310. The number of allylic oxidation sites excluding steroid dienone is 1. The molecule has 0 aliphatic rings. The van der Waals surface area contributed by atoms with Crippen LogP contribution in [0.2, 0.25) is 0 Å². The second-order valence-corrected chi connectivity index (χ2v) is 6.42. The number of carbonyl (C=O) groups excluding carboxylic acids is 1. The van der Waals surface area contributed by atoms with E-state index in [9.17, 15) is 4.79 Å². The molecule has 0 saturated heterocycles. The van der Waals surface area contributed by atoms with Crippen LogP contribution in [-0.4, -0.2) is 25.8 Å². The molecule has 0 saturated carbocycles.